The topological polar surface area (TPSA) is 57.8 Å². The number of carbonyl (C=O) groups excluding carboxylic acids is 1. The number of rotatable bonds is 8. The standard InChI is InChI=1S/C25H22ClN3OS/c26-21-13-11-18(12-14-21)15-16-27-22(30)17-31-25-28-23(19-7-3-1-4-8-19)24(29-25)20-9-5-2-6-10-20/h1-14H,15-17H2,(H,27,30)(H,28,29). The number of amides is 1. The Hall–Kier alpha value is -3.02. The summed E-state index contributed by atoms with van der Waals surface area (Å²) in [6, 6.07) is 27.9. The molecule has 4 aromatic rings. The largest absolute Gasteiger partial charge is 0.355 e. The molecule has 0 aliphatic rings. The molecule has 1 aromatic heterocycles. The summed E-state index contributed by atoms with van der Waals surface area (Å²) in [4.78, 5) is 20.5. The quantitative estimate of drug-likeness (QED) is 0.333. The minimum absolute atomic E-state index is 0.0158. The SMILES string of the molecule is O=C(CSc1nc(-c2ccccc2)c(-c2ccccc2)[nH]1)NCCc1ccc(Cl)cc1. The smallest absolute Gasteiger partial charge is 0.230 e. The van der Waals surface area contributed by atoms with Crippen molar-refractivity contribution in [2.24, 2.45) is 0 Å². The van der Waals surface area contributed by atoms with Gasteiger partial charge in [-0.2, -0.15) is 0 Å². The Labute approximate surface area is 191 Å². The van der Waals surface area contributed by atoms with Gasteiger partial charge in [0.15, 0.2) is 5.16 Å². The molecule has 6 heteroatoms. The van der Waals surface area contributed by atoms with Crippen LogP contribution in [0.15, 0.2) is 90.1 Å². The number of aromatic amines is 1. The van der Waals surface area contributed by atoms with Crippen LogP contribution in [0.25, 0.3) is 22.5 Å². The third kappa shape index (κ3) is 5.78. The van der Waals surface area contributed by atoms with Gasteiger partial charge in [-0.1, -0.05) is 96.2 Å². The molecule has 3 aromatic carbocycles. The van der Waals surface area contributed by atoms with Crippen LogP contribution in [0.3, 0.4) is 0 Å². The zero-order valence-electron chi connectivity index (χ0n) is 16.8. The zero-order chi connectivity index (χ0) is 21.5. The Balaban J connectivity index is 1.39. The van der Waals surface area contributed by atoms with E-state index in [0.29, 0.717) is 17.3 Å². The van der Waals surface area contributed by atoms with E-state index in [9.17, 15) is 4.79 Å². The maximum absolute atomic E-state index is 12.3. The van der Waals surface area contributed by atoms with Gasteiger partial charge >= 0.3 is 0 Å². The van der Waals surface area contributed by atoms with Crippen molar-refractivity contribution in [2.45, 2.75) is 11.6 Å². The second kappa shape index (κ2) is 10.3. The first-order valence-electron chi connectivity index (χ1n) is 10.0. The van der Waals surface area contributed by atoms with Gasteiger partial charge in [0.05, 0.1) is 17.1 Å². The molecule has 4 nitrogen and oxygen atoms in total. The number of hydrogen-bond acceptors (Lipinski definition) is 3. The second-order valence-electron chi connectivity index (χ2n) is 7.01. The monoisotopic (exact) mass is 447 g/mol. The number of H-pyrrole nitrogens is 1. The normalized spacial score (nSPS) is 10.7. The van der Waals surface area contributed by atoms with Crippen LogP contribution in [0.5, 0.6) is 0 Å². The molecule has 156 valence electrons. The van der Waals surface area contributed by atoms with Crippen molar-refractivity contribution in [1.29, 1.82) is 0 Å². The van der Waals surface area contributed by atoms with Crippen molar-refractivity contribution in [3.05, 3.63) is 95.5 Å². The van der Waals surface area contributed by atoms with Crippen molar-refractivity contribution in [1.82, 2.24) is 15.3 Å². The summed E-state index contributed by atoms with van der Waals surface area (Å²) in [7, 11) is 0. The lowest BCUT2D eigenvalue weighted by atomic mass is 10.1. The molecule has 0 saturated heterocycles. The molecular weight excluding hydrogens is 426 g/mol. The van der Waals surface area contributed by atoms with E-state index in [1.807, 2.05) is 72.8 Å². The summed E-state index contributed by atoms with van der Waals surface area (Å²) in [5, 5.41) is 4.41. The van der Waals surface area contributed by atoms with Gasteiger partial charge in [-0.05, 0) is 24.1 Å². The van der Waals surface area contributed by atoms with E-state index in [2.05, 4.69) is 22.4 Å². The molecule has 0 saturated carbocycles. The van der Waals surface area contributed by atoms with Crippen LogP contribution in [0.4, 0.5) is 0 Å². The van der Waals surface area contributed by atoms with E-state index in [0.717, 1.165) is 39.7 Å². The average molecular weight is 448 g/mol. The predicted octanol–water partition coefficient (Wildman–Crippen LogP) is 5.85. The maximum Gasteiger partial charge on any atom is 0.230 e. The Morgan fingerprint density at radius 3 is 2.23 bits per heavy atom. The molecule has 31 heavy (non-hydrogen) atoms. The fourth-order valence-electron chi connectivity index (χ4n) is 3.22. The molecule has 0 radical (unpaired) electrons. The highest BCUT2D eigenvalue weighted by Gasteiger charge is 2.15. The molecule has 1 heterocycles. The first kappa shape index (κ1) is 21.2. The predicted molar refractivity (Wildman–Crippen MR) is 128 cm³/mol. The Morgan fingerprint density at radius 2 is 1.55 bits per heavy atom. The van der Waals surface area contributed by atoms with Gasteiger partial charge in [-0.3, -0.25) is 4.79 Å². The third-order valence-corrected chi connectivity index (χ3v) is 5.91. The van der Waals surface area contributed by atoms with Crippen LogP contribution in [0.2, 0.25) is 5.02 Å². The lowest BCUT2D eigenvalue weighted by molar-refractivity contribution is -0.118. The highest BCUT2D eigenvalue weighted by molar-refractivity contribution is 7.99. The van der Waals surface area contributed by atoms with Gasteiger partial charge < -0.3 is 10.3 Å². The fraction of sp³-hybridized carbons (Fsp3) is 0.120. The first-order chi connectivity index (χ1) is 15.2. The number of halogens is 1. The number of hydrogen-bond donors (Lipinski definition) is 2. The summed E-state index contributed by atoms with van der Waals surface area (Å²) < 4.78 is 0. The van der Waals surface area contributed by atoms with E-state index in [1.165, 1.54) is 11.8 Å². The number of nitrogens with one attached hydrogen (secondary N) is 2. The van der Waals surface area contributed by atoms with Crippen molar-refractivity contribution in [3.63, 3.8) is 0 Å². The molecule has 1 amide bonds. The minimum Gasteiger partial charge on any atom is -0.355 e. The molecule has 4 rings (SSSR count). The average Bonchev–Trinajstić information content (AvgIpc) is 3.25. The number of thioether (sulfide) groups is 1. The molecular formula is C25H22ClN3OS. The zero-order valence-corrected chi connectivity index (χ0v) is 18.4. The molecule has 2 N–H and O–H groups in total. The molecule has 0 atom stereocenters. The summed E-state index contributed by atoms with van der Waals surface area (Å²) in [6.07, 6.45) is 0.768. The molecule has 0 aliphatic carbocycles. The summed E-state index contributed by atoms with van der Waals surface area (Å²) >= 11 is 7.31. The summed E-state index contributed by atoms with van der Waals surface area (Å²) in [5.74, 6) is 0.286. The van der Waals surface area contributed by atoms with Gasteiger partial charge in [0.25, 0.3) is 0 Å². The summed E-state index contributed by atoms with van der Waals surface area (Å²) in [5.41, 5.74) is 5.09. The first-order valence-corrected chi connectivity index (χ1v) is 11.4. The van der Waals surface area contributed by atoms with E-state index >= 15 is 0 Å². The molecule has 0 fully saturated rings. The molecule has 0 spiro atoms. The Kier molecular flexibility index (Phi) is 7.07. The van der Waals surface area contributed by atoms with Crippen molar-refractivity contribution < 1.29 is 4.79 Å². The van der Waals surface area contributed by atoms with E-state index < -0.39 is 0 Å². The van der Waals surface area contributed by atoms with Crippen LogP contribution < -0.4 is 5.32 Å². The number of carbonyl (C=O) groups is 1. The Morgan fingerprint density at radius 1 is 0.903 bits per heavy atom. The van der Waals surface area contributed by atoms with E-state index in [1.54, 1.807) is 0 Å². The number of aromatic nitrogens is 2. The molecule has 0 bridgehead atoms. The van der Waals surface area contributed by atoms with Crippen LogP contribution in [-0.4, -0.2) is 28.2 Å². The fourth-order valence-corrected chi connectivity index (χ4v) is 4.05. The van der Waals surface area contributed by atoms with Crippen molar-refractivity contribution >= 4 is 29.3 Å². The van der Waals surface area contributed by atoms with Gasteiger partial charge in [0.1, 0.15) is 0 Å². The Bertz CT molecular complexity index is 1070. The number of imidazole rings is 1. The van der Waals surface area contributed by atoms with Crippen LogP contribution in [0.1, 0.15) is 5.56 Å². The van der Waals surface area contributed by atoms with Crippen LogP contribution in [0, 0.1) is 0 Å². The van der Waals surface area contributed by atoms with Crippen LogP contribution in [-0.2, 0) is 11.2 Å². The highest BCUT2D eigenvalue weighted by Crippen LogP contribution is 2.32. The third-order valence-electron chi connectivity index (χ3n) is 4.78. The summed E-state index contributed by atoms with van der Waals surface area (Å²) in [6.45, 7) is 0.587. The van der Waals surface area contributed by atoms with Gasteiger partial charge in [0, 0.05) is 22.7 Å². The maximum atomic E-state index is 12.3. The van der Waals surface area contributed by atoms with Crippen LogP contribution >= 0.6 is 23.4 Å². The van der Waals surface area contributed by atoms with Crippen molar-refractivity contribution in [3.8, 4) is 22.5 Å². The lowest BCUT2D eigenvalue weighted by Gasteiger charge is -2.05. The highest BCUT2D eigenvalue weighted by atomic mass is 35.5. The van der Waals surface area contributed by atoms with Crippen molar-refractivity contribution in [2.75, 3.05) is 12.3 Å². The number of nitrogens with zero attached hydrogens (tertiary/aromatic N) is 1. The van der Waals surface area contributed by atoms with Gasteiger partial charge in [0.2, 0.25) is 5.91 Å². The van der Waals surface area contributed by atoms with Gasteiger partial charge in [-0.25, -0.2) is 4.98 Å². The van der Waals surface area contributed by atoms with Gasteiger partial charge in [-0.15, -0.1) is 0 Å². The second-order valence-corrected chi connectivity index (χ2v) is 8.41. The number of benzene rings is 3. The molecule has 0 unspecified atom stereocenters. The molecule has 0 aliphatic heterocycles. The minimum atomic E-state index is -0.0158. The van der Waals surface area contributed by atoms with E-state index in [4.69, 9.17) is 16.6 Å². The lowest BCUT2D eigenvalue weighted by Crippen LogP contribution is -2.27. The van der Waals surface area contributed by atoms with E-state index in [-0.39, 0.29) is 5.91 Å².